The van der Waals surface area contributed by atoms with Gasteiger partial charge < -0.3 is 21.1 Å². The molecule has 98 valence electrons. The molecule has 1 unspecified atom stereocenters. The number of nitrogens with two attached hydrogens (primary N) is 2. The Morgan fingerprint density at radius 2 is 2.39 bits per heavy atom. The number of carbonyl (C=O) groups is 1. The second-order valence-electron chi connectivity index (χ2n) is 4.14. The Balaban J connectivity index is 2.10. The molecule has 1 fully saturated rings. The van der Waals surface area contributed by atoms with Crippen LogP contribution in [0.2, 0.25) is 0 Å². The summed E-state index contributed by atoms with van der Waals surface area (Å²) in [5.41, 5.74) is 10.9. The monoisotopic (exact) mass is 251 g/mol. The van der Waals surface area contributed by atoms with E-state index in [0.29, 0.717) is 25.5 Å². The molecule has 0 aromatic carbocycles. The van der Waals surface area contributed by atoms with Gasteiger partial charge in [0, 0.05) is 13.1 Å². The standard InChI is InChI=1S/C11H17N5O2/c12-2-1-8-7-16(3-4-18-8)10-6-14-5-9(15-10)11(13)17/h5-6,8H,1-4,7,12H2,(H2,13,17). The molecule has 1 aliphatic rings. The number of aromatic nitrogens is 2. The Kier molecular flexibility index (Phi) is 4.06. The molecule has 4 N–H and O–H groups in total. The van der Waals surface area contributed by atoms with E-state index in [1.165, 1.54) is 6.20 Å². The van der Waals surface area contributed by atoms with E-state index in [1.54, 1.807) is 6.20 Å². The first-order valence-corrected chi connectivity index (χ1v) is 5.89. The summed E-state index contributed by atoms with van der Waals surface area (Å²) in [5, 5.41) is 0. The molecular formula is C11H17N5O2. The highest BCUT2D eigenvalue weighted by molar-refractivity contribution is 5.90. The van der Waals surface area contributed by atoms with Crippen LogP contribution < -0.4 is 16.4 Å². The van der Waals surface area contributed by atoms with Crippen LogP contribution >= 0.6 is 0 Å². The van der Waals surface area contributed by atoms with Crippen LogP contribution in [-0.2, 0) is 4.74 Å². The van der Waals surface area contributed by atoms with Crippen LogP contribution in [0.4, 0.5) is 5.82 Å². The smallest absolute Gasteiger partial charge is 0.268 e. The molecule has 2 rings (SSSR count). The van der Waals surface area contributed by atoms with Gasteiger partial charge in [0.25, 0.3) is 5.91 Å². The van der Waals surface area contributed by atoms with Gasteiger partial charge in [-0.15, -0.1) is 0 Å². The quantitative estimate of drug-likeness (QED) is 0.720. The predicted octanol–water partition coefficient (Wildman–Crippen LogP) is -0.870. The van der Waals surface area contributed by atoms with Crippen molar-refractivity contribution in [1.82, 2.24) is 9.97 Å². The van der Waals surface area contributed by atoms with Crippen molar-refractivity contribution in [2.24, 2.45) is 11.5 Å². The number of amides is 1. The molecule has 0 saturated carbocycles. The molecule has 18 heavy (non-hydrogen) atoms. The molecule has 0 spiro atoms. The third-order valence-electron chi connectivity index (χ3n) is 2.83. The van der Waals surface area contributed by atoms with Crippen LogP contribution in [0.3, 0.4) is 0 Å². The van der Waals surface area contributed by atoms with Gasteiger partial charge in [0.2, 0.25) is 0 Å². The van der Waals surface area contributed by atoms with E-state index < -0.39 is 5.91 Å². The summed E-state index contributed by atoms with van der Waals surface area (Å²) in [7, 11) is 0. The molecule has 1 amide bonds. The Labute approximate surface area is 105 Å². The van der Waals surface area contributed by atoms with Crippen molar-refractivity contribution >= 4 is 11.7 Å². The average molecular weight is 251 g/mol. The number of anilines is 1. The second kappa shape index (κ2) is 5.74. The van der Waals surface area contributed by atoms with Crippen LogP contribution in [0.1, 0.15) is 16.9 Å². The van der Waals surface area contributed by atoms with Crippen molar-refractivity contribution < 1.29 is 9.53 Å². The summed E-state index contributed by atoms with van der Waals surface area (Å²) < 4.78 is 5.59. The highest BCUT2D eigenvalue weighted by atomic mass is 16.5. The van der Waals surface area contributed by atoms with Crippen LogP contribution in [0.15, 0.2) is 12.4 Å². The SMILES string of the molecule is NCCC1CN(c2cncc(C(N)=O)n2)CCO1. The Morgan fingerprint density at radius 3 is 3.11 bits per heavy atom. The molecule has 0 bridgehead atoms. The topological polar surface area (TPSA) is 107 Å². The lowest BCUT2D eigenvalue weighted by atomic mass is 10.2. The lowest BCUT2D eigenvalue weighted by Gasteiger charge is -2.33. The summed E-state index contributed by atoms with van der Waals surface area (Å²) in [4.78, 5) is 21.3. The fourth-order valence-corrected chi connectivity index (χ4v) is 1.91. The van der Waals surface area contributed by atoms with E-state index in [-0.39, 0.29) is 11.8 Å². The number of carbonyl (C=O) groups excluding carboxylic acids is 1. The van der Waals surface area contributed by atoms with Crippen molar-refractivity contribution in [1.29, 1.82) is 0 Å². The molecule has 7 heteroatoms. The number of primary amides is 1. The average Bonchev–Trinajstić information content (AvgIpc) is 2.39. The number of hydrogen-bond donors (Lipinski definition) is 2. The zero-order valence-electron chi connectivity index (χ0n) is 10.1. The number of ether oxygens (including phenoxy) is 1. The highest BCUT2D eigenvalue weighted by Crippen LogP contribution is 2.15. The molecule has 1 aromatic rings. The number of nitrogens with zero attached hydrogens (tertiary/aromatic N) is 3. The minimum Gasteiger partial charge on any atom is -0.374 e. The molecule has 7 nitrogen and oxygen atoms in total. The lowest BCUT2D eigenvalue weighted by Crippen LogP contribution is -2.43. The van der Waals surface area contributed by atoms with Crippen LogP contribution in [0.5, 0.6) is 0 Å². The first-order valence-electron chi connectivity index (χ1n) is 5.89. The summed E-state index contributed by atoms with van der Waals surface area (Å²) >= 11 is 0. The highest BCUT2D eigenvalue weighted by Gasteiger charge is 2.21. The maximum Gasteiger partial charge on any atom is 0.268 e. The Hall–Kier alpha value is -1.73. The van der Waals surface area contributed by atoms with Gasteiger partial charge >= 0.3 is 0 Å². The van der Waals surface area contributed by atoms with Crippen LogP contribution in [0.25, 0.3) is 0 Å². The van der Waals surface area contributed by atoms with Crippen molar-refractivity contribution in [3.63, 3.8) is 0 Å². The minimum atomic E-state index is -0.573. The fourth-order valence-electron chi connectivity index (χ4n) is 1.91. The van der Waals surface area contributed by atoms with Crippen LogP contribution in [0, 0.1) is 0 Å². The molecule has 0 aliphatic carbocycles. The van der Waals surface area contributed by atoms with Crippen LogP contribution in [-0.4, -0.2) is 48.2 Å². The second-order valence-corrected chi connectivity index (χ2v) is 4.14. The van der Waals surface area contributed by atoms with Gasteiger partial charge in [-0.3, -0.25) is 9.78 Å². The first kappa shape index (κ1) is 12.7. The fraction of sp³-hybridized carbons (Fsp3) is 0.545. The van der Waals surface area contributed by atoms with Gasteiger partial charge in [0.1, 0.15) is 11.5 Å². The van der Waals surface area contributed by atoms with E-state index in [1.807, 2.05) is 4.90 Å². The minimum absolute atomic E-state index is 0.0998. The largest absolute Gasteiger partial charge is 0.374 e. The van der Waals surface area contributed by atoms with Crippen molar-refractivity contribution in [3.05, 3.63) is 18.1 Å². The maximum absolute atomic E-state index is 11.1. The van der Waals surface area contributed by atoms with Gasteiger partial charge in [-0.05, 0) is 13.0 Å². The third-order valence-corrected chi connectivity index (χ3v) is 2.83. The molecule has 2 heterocycles. The van der Waals surface area contributed by atoms with Crippen molar-refractivity contribution in [3.8, 4) is 0 Å². The van der Waals surface area contributed by atoms with E-state index in [2.05, 4.69) is 9.97 Å². The number of hydrogen-bond acceptors (Lipinski definition) is 6. The van der Waals surface area contributed by atoms with E-state index in [9.17, 15) is 4.79 Å². The summed E-state index contributed by atoms with van der Waals surface area (Å²) in [6.45, 7) is 2.63. The van der Waals surface area contributed by atoms with E-state index in [4.69, 9.17) is 16.2 Å². The van der Waals surface area contributed by atoms with Gasteiger partial charge in [0.15, 0.2) is 0 Å². The first-order chi connectivity index (χ1) is 8.70. The molecule has 0 radical (unpaired) electrons. The molecule has 1 aromatic heterocycles. The van der Waals surface area contributed by atoms with E-state index in [0.717, 1.165) is 13.0 Å². The number of rotatable bonds is 4. The summed E-state index contributed by atoms with van der Waals surface area (Å²) in [6, 6.07) is 0. The lowest BCUT2D eigenvalue weighted by molar-refractivity contribution is 0.0366. The molecule has 1 saturated heterocycles. The van der Waals surface area contributed by atoms with Gasteiger partial charge in [-0.1, -0.05) is 0 Å². The molecule has 1 aliphatic heterocycles. The Morgan fingerprint density at radius 1 is 1.56 bits per heavy atom. The number of morpholine rings is 1. The zero-order chi connectivity index (χ0) is 13.0. The third kappa shape index (κ3) is 2.93. The van der Waals surface area contributed by atoms with E-state index >= 15 is 0 Å². The molecule has 1 atom stereocenters. The summed E-state index contributed by atoms with van der Waals surface area (Å²) in [5.74, 6) is 0.0766. The van der Waals surface area contributed by atoms with Gasteiger partial charge in [0.05, 0.1) is 25.1 Å². The summed E-state index contributed by atoms with van der Waals surface area (Å²) in [6.07, 6.45) is 3.89. The Bertz CT molecular complexity index is 424. The van der Waals surface area contributed by atoms with Crippen molar-refractivity contribution in [2.45, 2.75) is 12.5 Å². The van der Waals surface area contributed by atoms with Gasteiger partial charge in [-0.2, -0.15) is 0 Å². The van der Waals surface area contributed by atoms with Gasteiger partial charge in [-0.25, -0.2) is 4.98 Å². The maximum atomic E-state index is 11.1. The zero-order valence-corrected chi connectivity index (χ0v) is 10.1. The normalized spacial score (nSPS) is 19.8. The van der Waals surface area contributed by atoms with Crippen molar-refractivity contribution in [2.75, 3.05) is 31.1 Å². The predicted molar refractivity (Wildman–Crippen MR) is 66.2 cm³/mol. The molecular weight excluding hydrogens is 234 g/mol.